The lowest BCUT2D eigenvalue weighted by Gasteiger charge is -2.35. The number of halogens is 2. The zero-order valence-corrected chi connectivity index (χ0v) is 9.83. The van der Waals surface area contributed by atoms with Crippen molar-refractivity contribution in [3.63, 3.8) is 0 Å². The number of piperazine rings is 1. The molecule has 1 aliphatic heterocycles. The van der Waals surface area contributed by atoms with Crippen LogP contribution in [0.15, 0.2) is 18.2 Å². The van der Waals surface area contributed by atoms with E-state index in [0.717, 1.165) is 18.2 Å². The molecule has 4 nitrogen and oxygen atoms in total. The fourth-order valence-electron chi connectivity index (χ4n) is 2.05. The van der Waals surface area contributed by atoms with Crippen LogP contribution in [0.5, 0.6) is 0 Å². The highest BCUT2D eigenvalue weighted by molar-refractivity contribution is 5.94. The lowest BCUT2D eigenvalue weighted by Crippen LogP contribution is -2.56. The Labute approximate surface area is 104 Å². The van der Waals surface area contributed by atoms with Crippen molar-refractivity contribution in [1.82, 2.24) is 10.2 Å². The van der Waals surface area contributed by atoms with Gasteiger partial charge in [-0.2, -0.15) is 0 Å². The van der Waals surface area contributed by atoms with Crippen molar-refractivity contribution in [1.29, 1.82) is 0 Å². The largest absolute Gasteiger partial charge is 0.332 e. The van der Waals surface area contributed by atoms with E-state index in [2.05, 4.69) is 5.32 Å². The molecule has 98 valence electrons. The second-order valence-corrected chi connectivity index (χ2v) is 4.22. The summed E-state index contributed by atoms with van der Waals surface area (Å²) in [6.07, 6.45) is 0. The molecule has 1 aromatic rings. The van der Waals surface area contributed by atoms with Crippen LogP contribution in [-0.4, -0.2) is 43.0 Å². The number of nitrogens with zero attached hydrogens (tertiary/aromatic N) is 1. The first kappa shape index (κ1) is 12.9. The molecule has 0 bridgehead atoms. The molecular weight excluding hydrogens is 240 g/mol. The summed E-state index contributed by atoms with van der Waals surface area (Å²) in [6, 6.07) is 2.69. The quantitative estimate of drug-likeness (QED) is 0.801. The van der Waals surface area contributed by atoms with Crippen molar-refractivity contribution < 1.29 is 13.6 Å². The Kier molecular flexibility index (Phi) is 3.88. The zero-order valence-electron chi connectivity index (χ0n) is 9.83. The summed E-state index contributed by atoms with van der Waals surface area (Å²) >= 11 is 0. The van der Waals surface area contributed by atoms with Gasteiger partial charge in [0.2, 0.25) is 0 Å². The van der Waals surface area contributed by atoms with Gasteiger partial charge in [-0.15, -0.1) is 0 Å². The molecule has 0 aliphatic carbocycles. The Morgan fingerprint density at radius 3 is 3.00 bits per heavy atom. The lowest BCUT2D eigenvalue weighted by molar-refractivity contribution is 0.0639. The topological polar surface area (TPSA) is 58.4 Å². The Morgan fingerprint density at radius 2 is 2.28 bits per heavy atom. The molecule has 0 radical (unpaired) electrons. The molecule has 1 unspecified atom stereocenters. The Hall–Kier alpha value is -1.53. The molecule has 3 N–H and O–H groups in total. The van der Waals surface area contributed by atoms with Crippen LogP contribution >= 0.6 is 0 Å². The Morgan fingerprint density at radius 1 is 1.50 bits per heavy atom. The first-order valence-electron chi connectivity index (χ1n) is 5.80. The van der Waals surface area contributed by atoms with E-state index < -0.39 is 17.5 Å². The lowest BCUT2D eigenvalue weighted by atomic mass is 10.1. The third-order valence-corrected chi connectivity index (χ3v) is 3.04. The highest BCUT2D eigenvalue weighted by Crippen LogP contribution is 2.15. The standard InChI is InChI=1S/C12H15F2N3O/c13-8-1-2-11(14)10(5-8)12(18)17-4-3-16-7-9(17)6-15/h1-2,5,9,16H,3-4,6-7,15H2. The van der Waals surface area contributed by atoms with Gasteiger partial charge in [0, 0.05) is 26.2 Å². The first-order valence-corrected chi connectivity index (χ1v) is 5.80. The minimum atomic E-state index is -0.712. The van der Waals surface area contributed by atoms with Crippen molar-refractivity contribution in [3.05, 3.63) is 35.4 Å². The summed E-state index contributed by atoms with van der Waals surface area (Å²) in [5.41, 5.74) is 5.34. The van der Waals surface area contributed by atoms with Gasteiger partial charge < -0.3 is 16.0 Å². The van der Waals surface area contributed by atoms with E-state index in [0.29, 0.717) is 19.6 Å². The monoisotopic (exact) mass is 255 g/mol. The van der Waals surface area contributed by atoms with Crippen molar-refractivity contribution in [2.24, 2.45) is 5.73 Å². The highest BCUT2D eigenvalue weighted by atomic mass is 19.1. The number of hydrogen-bond acceptors (Lipinski definition) is 3. The van der Waals surface area contributed by atoms with E-state index in [4.69, 9.17) is 5.73 Å². The van der Waals surface area contributed by atoms with Crippen LogP contribution in [0.1, 0.15) is 10.4 Å². The van der Waals surface area contributed by atoms with Crippen LogP contribution in [-0.2, 0) is 0 Å². The predicted octanol–water partition coefficient (Wildman–Crippen LogP) is 0.338. The second kappa shape index (κ2) is 5.41. The van der Waals surface area contributed by atoms with Crippen LogP contribution in [0.4, 0.5) is 8.78 Å². The van der Waals surface area contributed by atoms with E-state index >= 15 is 0 Å². The molecule has 1 fully saturated rings. The van der Waals surface area contributed by atoms with Crippen molar-refractivity contribution in [2.75, 3.05) is 26.2 Å². The summed E-state index contributed by atoms with van der Waals surface area (Å²) in [5, 5.41) is 3.11. The molecule has 1 aliphatic rings. The van der Waals surface area contributed by atoms with Crippen molar-refractivity contribution in [3.8, 4) is 0 Å². The molecule has 1 saturated heterocycles. The average Bonchev–Trinajstić information content (AvgIpc) is 2.40. The van der Waals surface area contributed by atoms with Gasteiger partial charge in [0.15, 0.2) is 0 Å². The number of nitrogens with two attached hydrogens (primary N) is 1. The van der Waals surface area contributed by atoms with Crippen LogP contribution in [0.3, 0.4) is 0 Å². The summed E-state index contributed by atoms with van der Waals surface area (Å²) in [4.78, 5) is 13.7. The van der Waals surface area contributed by atoms with E-state index in [1.807, 2.05) is 0 Å². The molecule has 6 heteroatoms. The SMILES string of the molecule is NCC1CNCCN1C(=O)c1cc(F)ccc1F. The summed E-state index contributed by atoms with van der Waals surface area (Å²) in [7, 11) is 0. The van der Waals surface area contributed by atoms with Crippen LogP contribution in [0.25, 0.3) is 0 Å². The van der Waals surface area contributed by atoms with E-state index in [-0.39, 0.29) is 18.2 Å². The van der Waals surface area contributed by atoms with Crippen molar-refractivity contribution >= 4 is 5.91 Å². The number of rotatable bonds is 2. The number of nitrogens with one attached hydrogen (secondary N) is 1. The third kappa shape index (κ3) is 2.49. The number of carbonyl (C=O) groups is 1. The maximum absolute atomic E-state index is 13.5. The number of amides is 1. The normalized spacial score (nSPS) is 19.9. The summed E-state index contributed by atoms with van der Waals surface area (Å²) < 4.78 is 26.6. The highest BCUT2D eigenvalue weighted by Gasteiger charge is 2.28. The molecule has 1 heterocycles. The average molecular weight is 255 g/mol. The van der Waals surface area contributed by atoms with Gasteiger partial charge in [-0.05, 0) is 18.2 Å². The molecular formula is C12H15F2N3O. The van der Waals surface area contributed by atoms with Gasteiger partial charge in [-0.1, -0.05) is 0 Å². The first-order chi connectivity index (χ1) is 8.63. The van der Waals surface area contributed by atoms with Gasteiger partial charge in [0.1, 0.15) is 11.6 Å². The number of benzene rings is 1. The van der Waals surface area contributed by atoms with Gasteiger partial charge in [0.25, 0.3) is 5.91 Å². The molecule has 0 aromatic heterocycles. The zero-order chi connectivity index (χ0) is 13.1. The Balaban J connectivity index is 2.26. The van der Waals surface area contributed by atoms with E-state index in [9.17, 15) is 13.6 Å². The van der Waals surface area contributed by atoms with Crippen molar-refractivity contribution in [2.45, 2.75) is 6.04 Å². The maximum atomic E-state index is 13.5. The van der Waals surface area contributed by atoms with E-state index in [1.165, 1.54) is 4.90 Å². The predicted molar refractivity (Wildman–Crippen MR) is 63.1 cm³/mol. The summed E-state index contributed by atoms with van der Waals surface area (Å²) in [6.45, 7) is 1.92. The van der Waals surface area contributed by atoms with Crippen LogP contribution < -0.4 is 11.1 Å². The number of hydrogen-bond donors (Lipinski definition) is 2. The molecule has 0 saturated carbocycles. The van der Waals surface area contributed by atoms with Gasteiger partial charge in [-0.25, -0.2) is 8.78 Å². The molecule has 2 rings (SSSR count). The minimum Gasteiger partial charge on any atom is -0.332 e. The minimum absolute atomic E-state index is 0.186. The summed E-state index contributed by atoms with van der Waals surface area (Å²) in [5.74, 6) is -1.85. The molecule has 18 heavy (non-hydrogen) atoms. The smallest absolute Gasteiger partial charge is 0.257 e. The van der Waals surface area contributed by atoms with Gasteiger partial charge >= 0.3 is 0 Å². The van der Waals surface area contributed by atoms with Crippen LogP contribution in [0, 0.1) is 11.6 Å². The number of carbonyl (C=O) groups excluding carboxylic acids is 1. The molecule has 1 aromatic carbocycles. The molecule has 1 amide bonds. The second-order valence-electron chi connectivity index (χ2n) is 4.22. The maximum Gasteiger partial charge on any atom is 0.257 e. The third-order valence-electron chi connectivity index (χ3n) is 3.04. The Bertz CT molecular complexity index is 453. The fraction of sp³-hybridized carbons (Fsp3) is 0.417. The van der Waals surface area contributed by atoms with Gasteiger partial charge in [-0.3, -0.25) is 4.79 Å². The van der Waals surface area contributed by atoms with E-state index in [1.54, 1.807) is 0 Å². The van der Waals surface area contributed by atoms with Crippen LogP contribution in [0.2, 0.25) is 0 Å². The fourth-order valence-corrected chi connectivity index (χ4v) is 2.05. The molecule has 0 spiro atoms. The van der Waals surface area contributed by atoms with Gasteiger partial charge in [0.05, 0.1) is 11.6 Å². The molecule has 1 atom stereocenters.